The van der Waals surface area contributed by atoms with Crippen LogP contribution in [0.1, 0.15) is 44.1 Å². The van der Waals surface area contributed by atoms with Gasteiger partial charge in [0.1, 0.15) is 0 Å². The summed E-state index contributed by atoms with van der Waals surface area (Å²) in [7, 11) is 0. The number of hydrogen-bond donors (Lipinski definition) is 1. The molecule has 2 fully saturated rings. The van der Waals surface area contributed by atoms with Gasteiger partial charge in [0, 0.05) is 18.3 Å². The van der Waals surface area contributed by atoms with E-state index in [0.29, 0.717) is 18.7 Å². The van der Waals surface area contributed by atoms with E-state index in [1.54, 1.807) is 10.6 Å². The zero-order valence-corrected chi connectivity index (χ0v) is 11.3. The van der Waals surface area contributed by atoms with E-state index < -0.39 is 0 Å². The lowest BCUT2D eigenvalue weighted by atomic mass is 9.98. The number of pyridine rings is 1. The maximum absolute atomic E-state index is 12.1. The van der Waals surface area contributed by atoms with Gasteiger partial charge < -0.3 is 15.0 Å². The van der Waals surface area contributed by atoms with Crippen molar-refractivity contribution in [2.75, 3.05) is 0 Å². The number of nitrogens with zero attached hydrogens (tertiary/aromatic N) is 1. The van der Waals surface area contributed by atoms with Crippen molar-refractivity contribution in [3.63, 3.8) is 0 Å². The lowest BCUT2D eigenvalue weighted by Gasteiger charge is -2.24. The van der Waals surface area contributed by atoms with E-state index in [9.17, 15) is 4.79 Å². The molecule has 1 unspecified atom stereocenters. The predicted molar refractivity (Wildman–Crippen MR) is 73.9 cm³/mol. The highest BCUT2D eigenvalue weighted by Crippen LogP contribution is 2.43. The Morgan fingerprint density at radius 2 is 2.16 bits per heavy atom. The molecule has 0 radical (unpaired) electrons. The Hall–Kier alpha value is -1.13. The molecular weight excluding hydrogens is 240 g/mol. The molecule has 1 saturated heterocycles. The molecule has 2 heterocycles. The van der Waals surface area contributed by atoms with Crippen molar-refractivity contribution in [1.29, 1.82) is 0 Å². The van der Waals surface area contributed by atoms with E-state index in [2.05, 4.69) is 0 Å². The molecule has 0 aromatic carbocycles. The number of rotatable bonds is 3. The Bertz CT molecular complexity index is 503. The second kappa shape index (κ2) is 5.10. The molecule has 1 atom stereocenters. The van der Waals surface area contributed by atoms with Gasteiger partial charge in [-0.15, -0.1) is 0 Å². The quantitative estimate of drug-likeness (QED) is 0.903. The minimum atomic E-state index is 0.0287. The maximum Gasteiger partial charge on any atom is 0.255 e. The van der Waals surface area contributed by atoms with Gasteiger partial charge in [-0.1, -0.05) is 18.9 Å². The van der Waals surface area contributed by atoms with Gasteiger partial charge in [0.05, 0.1) is 18.2 Å². The summed E-state index contributed by atoms with van der Waals surface area (Å²) in [6.45, 7) is 0.962. The van der Waals surface area contributed by atoms with Crippen LogP contribution in [0.25, 0.3) is 0 Å². The SMILES string of the molecule is NCc1cccn(CC2CCC3(CCCC3)O2)c1=O. The van der Waals surface area contributed by atoms with Gasteiger partial charge in [-0.05, 0) is 31.7 Å². The highest BCUT2D eigenvalue weighted by molar-refractivity contribution is 5.10. The molecule has 3 rings (SSSR count). The predicted octanol–water partition coefficient (Wildman–Crippen LogP) is 1.80. The van der Waals surface area contributed by atoms with Gasteiger partial charge in [-0.3, -0.25) is 4.79 Å². The van der Waals surface area contributed by atoms with E-state index in [4.69, 9.17) is 10.5 Å². The van der Waals surface area contributed by atoms with Crippen molar-refractivity contribution < 1.29 is 4.74 Å². The Balaban J connectivity index is 1.71. The topological polar surface area (TPSA) is 57.2 Å². The van der Waals surface area contributed by atoms with E-state index >= 15 is 0 Å². The lowest BCUT2D eigenvalue weighted by molar-refractivity contribution is -0.0421. The first kappa shape index (κ1) is 12.9. The molecule has 1 aromatic rings. The van der Waals surface area contributed by atoms with Crippen LogP contribution in [-0.2, 0) is 17.8 Å². The summed E-state index contributed by atoms with van der Waals surface area (Å²) in [5, 5.41) is 0. The monoisotopic (exact) mass is 262 g/mol. The van der Waals surface area contributed by atoms with Crippen molar-refractivity contribution in [1.82, 2.24) is 4.57 Å². The van der Waals surface area contributed by atoms with Crippen LogP contribution in [0.15, 0.2) is 23.1 Å². The van der Waals surface area contributed by atoms with Gasteiger partial charge in [0.25, 0.3) is 5.56 Å². The lowest BCUT2D eigenvalue weighted by Crippen LogP contribution is -2.31. The number of ether oxygens (including phenoxy) is 1. The van der Waals surface area contributed by atoms with Crippen molar-refractivity contribution in [2.45, 2.75) is 63.3 Å². The molecule has 1 saturated carbocycles. The van der Waals surface area contributed by atoms with Gasteiger partial charge >= 0.3 is 0 Å². The highest BCUT2D eigenvalue weighted by Gasteiger charge is 2.42. The van der Waals surface area contributed by atoms with E-state index in [1.165, 1.54) is 25.7 Å². The summed E-state index contributed by atoms with van der Waals surface area (Å²) in [5.41, 5.74) is 6.42. The van der Waals surface area contributed by atoms with Crippen LogP contribution in [0.2, 0.25) is 0 Å². The molecule has 1 spiro atoms. The van der Waals surface area contributed by atoms with Crippen LogP contribution < -0.4 is 11.3 Å². The van der Waals surface area contributed by atoms with Crippen molar-refractivity contribution in [3.05, 3.63) is 34.2 Å². The molecule has 4 heteroatoms. The third-order valence-corrected chi connectivity index (χ3v) is 4.57. The fourth-order valence-electron chi connectivity index (χ4n) is 3.52. The zero-order valence-electron chi connectivity index (χ0n) is 11.3. The largest absolute Gasteiger partial charge is 0.370 e. The summed E-state index contributed by atoms with van der Waals surface area (Å²) >= 11 is 0. The van der Waals surface area contributed by atoms with Crippen molar-refractivity contribution in [3.8, 4) is 0 Å². The fourth-order valence-corrected chi connectivity index (χ4v) is 3.52. The summed E-state index contributed by atoms with van der Waals surface area (Å²) in [6.07, 6.45) is 9.21. The second-order valence-electron chi connectivity index (χ2n) is 5.86. The van der Waals surface area contributed by atoms with Crippen LogP contribution in [0.5, 0.6) is 0 Å². The molecule has 2 N–H and O–H groups in total. The van der Waals surface area contributed by atoms with E-state index in [1.807, 2.05) is 12.3 Å². The first-order chi connectivity index (χ1) is 9.22. The number of aromatic nitrogens is 1. The van der Waals surface area contributed by atoms with Crippen LogP contribution in [-0.4, -0.2) is 16.3 Å². The molecule has 0 amide bonds. The summed E-state index contributed by atoms with van der Waals surface area (Å²) in [5.74, 6) is 0. The Labute approximate surface area is 113 Å². The molecular formula is C15H22N2O2. The molecule has 1 aliphatic heterocycles. The molecule has 19 heavy (non-hydrogen) atoms. The zero-order chi connectivity index (χ0) is 13.3. The fraction of sp³-hybridized carbons (Fsp3) is 0.667. The minimum Gasteiger partial charge on any atom is -0.370 e. The molecule has 2 aliphatic rings. The van der Waals surface area contributed by atoms with E-state index in [-0.39, 0.29) is 17.3 Å². The number of nitrogens with two attached hydrogens (primary N) is 1. The number of hydrogen-bond acceptors (Lipinski definition) is 3. The first-order valence-corrected chi connectivity index (χ1v) is 7.29. The highest BCUT2D eigenvalue weighted by atomic mass is 16.5. The molecule has 104 valence electrons. The normalized spacial score (nSPS) is 25.2. The molecule has 1 aromatic heterocycles. The van der Waals surface area contributed by atoms with Crippen molar-refractivity contribution in [2.24, 2.45) is 5.73 Å². The maximum atomic E-state index is 12.1. The Kier molecular flexibility index (Phi) is 3.46. The summed E-state index contributed by atoms with van der Waals surface area (Å²) in [4.78, 5) is 12.1. The van der Waals surface area contributed by atoms with Crippen LogP contribution in [0.3, 0.4) is 0 Å². The molecule has 1 aliphatic carbocycles. The Morgan fingerprint density at radius 3 is 2.89 bits per heavy atom. The van der Waals surface area contributed by atoms with Gasteiger partial charge in [0.15, 0.2) is 0 Å². The first-order valence-electron chi connectivity index (χ1n) is 7.29. The van der Waals surface area contributed by atoms with Gasteiger partial charge in [-0.2, -0.15) is 0 Å². The van der Waals surface area contributed by atoms with Gasteiger partial charge in [0.2, 0.25) is 0 Å². The van der Waals surface area contributed by atoms with E-state index in [0.717, 1.165) is 12.8 Å². The minimum absolute atomic E-state index is 0.0287. The van der Waals surface area contributed by atoms with Crippen LogP contribution in [0, 0.1) is 0 Å². The van der Waals surface area contributed by atoms with Crippen molar-refractivity contribution >= 4 is 0 Å². The average Bonchev–Trinajstić information content (AvgIpc) is 3.03. The third kappa shape index (κ3) is 2.47. The molecule has 4 nitrogen and oxygen atoms in total. The third-order valence-electron chi connectivity index (χ3n) is 4.57. The van der Waals surface area contributed by atoms with Crippen LogP contribution >= 0.6 is 0 Å². The van der Waals surface area contributed by atoms with Crippen LogP contribution in [0.4, 0.5) is 0 Å². The Morgan fingerprint density at radius 1 is 1.37 bits per heavy atom. The average molecular weight is 262 g/mol. The summed E-state index contributed by atoms with van der Waals surface area (Å²) < 4.78 is 8.00. The second-order valence-corrected chi connectivity index (χ2v) is 5.86. The summed E-state index contributed by atoms with van der Waals surface area (Å²) in [6, 6.07) is 3.69. The smallest absolute Gasteiger partial charge is 0.255 e. The van der Waals surface area contributed by atoms with Gasteiger partial charge in [-0.25, -0.2) is 0 Å². The molecule has 0 bridgehead atoms. The standard InChI is InChI=1S/C15H22N2O2/c16-10-12-4-3-9-17(14(12)18)11-13-5-8-15(19-13)6-1-2-7-15/h3-4,9,13H,1-2,5-8,10-11,16H2.